The summed E-state index contributed by atoms with van der Waals surface area (Å²) in [6.07, 6.45) is -5.60. The molecule has 0 radical (unpaired) electrons. The third-order valence-corrected chi connectivity index (χ3v) is 1.88. The van der Waals surface area contributed by atoms with Gasteiger partial charge >= 0.3 is 6.36 Å². The second-order valence-electron chi connectivity index (χ2n) is 3.29. The molecule has 1 atom stereocenters. The van der Waals surface area contributed by atoms with E-state index in [0.29, 0.717) is 0 Å². The summed E-state index contributed by atoms with van der Waals surface area (Å²) in [5.41, 5.74) is 1.89. The average Bonchev–Trinajstić information content (AvgIpc) is 2.28. The quantitative estimate of drug-likeness (QED) is 0.489. The van der Waals surface area contributed by atoms with E-state index in [2.05, 4.69) is 4.74 Å². The van der Waals surface area contributed by atoms with Crippen LogP contribution in [0.1, 0.15) is 6.92 Å². The van der Waals surface area contributed by atoms with Crippen molar-refractivity contribution in [2.45, 2.75) is 19.4 Å². The molecule has 1 aromatic carbocycles. The number of ether oxygens (including phenoxy) is 2. The van der Waals surface area contributed by atoms with Crippen molar-refractivity contribution < 1.29 is 27.4 Å². The molecule has 0 fully saturated rings. The molecule has 0 saturated carbocycles. The Balaban J connectivity index is 2.63. The van der Waals surface area contributed by atoms with Gasteiger partial charge in [-0.3, -0.25) is 10.2 Å². The van der Waals surface area contributed by atoms with Crippen LogP contribution in [0.4, 0.5) is 13.2 Å². The smallest absolute Gasteiger partial charge is 0.481 e. The Hall–Kier alpha value is -1.96. The standard InChI is InChI=1S/C10H11F3N2O3/c1-6(9(16)15-14)17-7-2-4-8(5-3-7)18-10(11,12)13/h2-6H,14H2,1H3,(H,15,16)/t6-/m1/s1. The van der Waals surface area contributed by atoms with Gasteiger partial charge in [0.2, 0.25) is 0 Å². The molecule has 0 saturated heterocycles. The fraction of sp³-hybridized carbons (Fsp3) is 0.300. The molecule has 0 unspecified atom stereocenters. The first-order chi connectivity index (χ1) is 8.31. The number of carbonyl (C=O) groups is 1. The lowest BCUT2D eigenvalue weighted by Crippen LogP contribution is -2.40. The van der Waals surface area contributed by atoms with Crippen LogP contribution in [0.5, 0.6) is 11.5 Å². The molecular weight excluding hydrogens is 253 g/mol. The van der Waals surface area contributed by atoms with Gasteiger partial charge in [0, 0.05) is 0 Å². The largest absolute Gasteiger partial charge is 0.573 e. The van der Waals surface area contributed by atoms with Crippen LogP contribution in [-0.2, 0) is 4.79 Å². The van der Waals surface area contributed by atoms with E-state index in [9.17, 15) is 18.0 Å². The lowest BCUT2D eigenvalue weighted by Gasteiger charge is -2.13. The summed E-state index contributed by atoms with van der Waals surface area (Å²) in [7, 11) is 0. The predicted molar refractivity (Wildman–Crippen MR) is 55.5 cm³/mol. The second kappa shape index (κ2) is 5.58. The molecule has 1 rings (SSSR count). The van der Waals surface area contributed by atoms with Gasteiger partial charge in [0.15, 0.2) is 6.10 Å². The summed E-state index contributed by atoms with van der Waals surface area (Å²) in [6, 6.07) is 4.66. The number of hydrogen-bond donors (Lipinski definition) is 2. The Labute approximate surface area is 101 Å². The van der Waals surface area contributed by atoms with Crippen molar-refractivity contribution >= 4 is 5.91 Å². The van der Waals surface area contributed by atoms with E-state index in [1.165, 1.54) is 19.1 Å². The maximum Gasteiger partial charge on any atom is 0.573 e. The summed E-state index contributed by atoms with van der Waals surface area (Å²) in [6.45, 7) is 1.45. The second-order valence-corrected chi connectivity index (χ2v) is 3.29. The number of benzene rings is 1. The van der Waals surface area contributed by atoms with Crippen LogP contribution in [0.15, 0.2) is 24.3 Å². The van der Waals surface area contributed by atoms with E-state index in [1.807, 2.05) is 5.43 Å². The number of alkyl halides is 3. The monoisotopic (exact) mass is 264 g/mol. The third kappa shape index (κ3) is 4.50. The summed E-state index contributed by atoms with van der Waals surface area (Å²) in [4.78, 5) is 11.0. The van der Waals surface area contributed by atoms with Crippen molar-refractivity contribution in [2.24, 2.45) is 5.84 Å². The van der Waals surface area contributed by atoms with Gasteiger partial charge in [0.25, 0.3) is 5.91 Å². The molecule has 0 aliphatic rings. The molecule has 0 aliphatic carbocycles. The van der Waals surface area contributed by atoms with Crippen molar-refractivity contribution in [3.8, 4) is 11.5 Å². The van der Waals surface area contributed by atoms with E-state index < -0.39 is 18.4 Å². The Bertz CT molecular complexity index is 406. The topological polar surface area (TPSA) is 73.6 Å². The zero-order valence-electron chi connectivity index (χ0n) is 9.32. The van der Waals surface area contributed by atoms with Gasteiger partial charge in [-0.25, -0.2) is 5.84 Å². The summed E-state index contributed by atoms with van der Waals surface area (Å²) in [5, 5.41) is 0. The van der Waals surface area contributed by atoms with Crippen LogP contribution in [-0.4, -0.2) is 18.4 Å². The van der Waals surface area contributed by atoms with Crippen LogP contribution in [0.25, 0.3) is 0 Å². The van der Waals surface area contributed by atoms with E-state index in [1.54, 1.807) is 0 Å². The normalized spacial score (nSPS) is 12.7. The molecule has 8 heteroatoms. The van der Waals surface area contributed by atoms with Gasteiger partial charge < -0.3 is 9.47 Å². The minimum atomic E-state index is -4.74. The first kappa shape index (κ1) is 14.1. The summed E-state index contributed by atoms with van der Waals surface area (Å²) < 4.78 is 44.4. The number of carbonyl (C=O) groups excluding carboxylic acids is 1. The van der Waals surface area contributed by atoms with Crippen molar-refractivity contribution in [2.75, 3.05) is 0 Å². The fourth-order valence-corrected chi connectivity index (χ4v) is 1.09. The molecule has 0 spiro atoms. The molecule has 5 nitrogen and oxygen atoms in total. The van der Waals surface area contributed by atoms with Crippen LogP contribution >= 0.6 is 0 Å². The fourth-order valence-electron chi connectivity index (χ4n) is 1.09. The van der Waals surface area contributed by atoms with Gasteiger partial charge in [0.1, 0.15) is 11.5 Å². The number of halogens is 3. The van der Waals surface area contributed by atoms with Crippen molar-refractivity contribution in [1.29, 1.82) is 0 Å². The zero-order chi connectivity index (χ0) is 13.8. The number of nitrogens with one attached hydrogen (secondary N) is 1. The highest BCUT2D eigenvalue weighted by Crippen LogP contribution is 2.24. The summed E-state index contributed by atoms with van der Waals surface area (Å²) >= 11 is 0. The first-order valence-electron chi connectivity index (χ1n) is 4.85. The number of hydrogen-bond acceptors (Lipinski definition) is 4. The first-order valence-corrected chi connectivity index (χ1v) is 4.85. The van der Waals surface area contributed by atoms with Crippen LogP contribution < -0.4 is 20.7 Å². The highest BCUT2D eigenvalue weighted by atomic mass is 19.4. The molecule has 100 valence electrons. The number of rotatable bonds is 4. The van der Waals surface area contributed by atoms with Gasteiger partial charge in [-0.05, 0) is 31.2 Å². The van der Waals surface area contributed by atoms with E-state index in [-0.39, 0.29) is 11.5 Å². The molecule has 3 N–H and O–H groups in total. The van der Waals surface area contributed by atoms with Crippen LogP contribution in [0.2, 0.25) is 0 Å². The number of nitrogens with two attached hydrogens (primary N) is 1. The highest BCUT2D eigenvalue weighted by molar-refractivity contribution is 5.80. The molecule has 0 heterocycles. The van der Waals surface area contributed by atoms with E-state index in [4.69, 9.17) is 10.6 Å². The Morgan fingerprint density at radius 2 is 1.78 bits per heavy atom. The van der Waals surface area contributed by atoms with Crippen molar-refractivity contribution in [1.82, 2.24) is 5.43 Å². The molecule has 0 aliphatic heterocycles. The Morgan fingerprint density at radius 1 is 1.28 bits per heavy atom. The van der Waals surface area contributed by atoms with Crippen LogP contribution in [0.3, 0.4) is 0 Å². The van der Waals surface area contributed by atoms with Crippen molar-refractivity contribution in [3.63, 3.8) is 0 Å². The minimum Gasteiger partial charge on any atom is -0.481 e. The Morgan fingerprint density at radius 3 is 2.22 bits per heavy atom. The molecular formula is C10H11F3N2O3. The molecule has 1 amide bonds. The maximum absolute atomic E-state index is 11.9. The third-order valence-electron chi connectivity index (χ3n) is 1.88. The lowest BCUT2D eigenvalue weighted by molar-refractivity contribution is -0.274. The predicted octanol–water partition coefficient (Wildman–Crippen LogP) is 1.34. The van der Waals surface area contributed by atoms with Gasteiger partial charge in [0.05, 0.1) is 0 Å². The molecule has 18 heavy (non-hydrogen) atoms. The van der Waals surface area contributed by atoms with Gasteiger partial charge in [-0.1, -0.05) is 0 Å². The van der Waals surface area contributed by atoms with E-state index in [0.717, 1.165) is 12.1 Å². The molecule has 0 bridgehead atoms. The maximum atomic E-state index is 11.9. The Kier molecular flexibility index (Phi) is 4.38. The van der Waals surface area contributed by atoms with Gasteiger partial charge in [-0.2, -0.15) is 0 Å². The zero-order valence-corrected chi connectivity index (χ0v) is 9.32. The SMILES string of the molecule is C[C@@H](Oc1ccc(OC(F)(F)F)cc1)C(=O)NN. The summed E-state index contributed by atoms with van der Waals surface area (Å²) in [5.74, 6) is 4.20. The molecule has 1 aromatic rings. The number of hydrazine groups is 1. The highest BCUT2D eigenvalue weighted by Gasteiger charge is 2.31. The van der Waals surface area contributed by atoms with Crippen molar-refractivity contribution in [3.05, 3.63) is 24.3 Å². The minimum absolute atomic E-state index is 0.223. The molecule has 0 aromatic heterocycles. The van der Waals surface area contributed by atoms with E-state index >= 15 is 0 Å². The lowest BCUT2D eigenvalue weighted by atomic mass is 10.3. The van der Waals surface area contributed by atoms with Gasteiger partial charge in [-0.15, -0.1) is 13.2 Å². The average molecular weight is 264 g/mol. The van der Waals surface area contributed by atoms with Crippen LogP contribution in [0, 0.1) is 0 Å². The number of amides is 1.